The average Bonchev–Trinajstić information content (AvgIpc) is 2.62. The summed E-state index contributed by atoms with van der Waals surface area (Å²) < 4.78 is 25.8. The van der Waals surface area contributed by atoms with Gasteiger partial charge >= 0.3 is 0 Å². The number of nitrogens with zero attached hydrogens (tertiary/aromatic N) is 2. The molecule has 15 heavy (non-hydrogen) atoms. The average molecular weight is 340 g/mol. The van der Waals surface area contributed by atoms with Crippen LogP contribution in [0, 0.1) is 17.4 Å². The smallest absolute Gasteiger partial charge is 0.152 e. The molecule has 0 aliphatic carbocycles. The minimum absolute atomic E-state index is 0.0391. The van der Waals surface area contributed by atoms with Gasteiger partial charge in [0.2, 0.25) is 0 Å². The first-order valence-corrected chi connectivity index (χ1v) is 7.72. The summed E-state index contributed by atoms with van der Waals surface area (Å²) in [6.45, 7) is 3.95. The van der Waals surface area contributed by atoms with Gasteiger partial charge in [0, 0.05) is 5.69 Å². The van der Waals surface area contributed by atoms with Crippen molar-refractivity contribution in [3.8, 4) is 0 Å². The van der Waals surface area contributed by atoms with Crippen LogP contribution >= 0.6 is 22.6 Å². The lowest BCUT2D eigenvalue weighted by atomic mass is 10.2. The van der Waals surface area contributed by atoms with Crippen LogP contribution in [0.3, 0.4) is 0 Å². The van der Waals surface area contributed by atoms with E-state index in [2.05, 4.69) is 27.7 Å². The Bertz CT molecular complexity index is 492. The molecule has 2 heterocycles. The second-order valence-electron chi connectivity index (χ2n) is 3.99. The van der Waals surface area contributed by atoms with Gasteiger partial charge in [-0.2, -0.15) is 5.10 Å². The van der Waals surface area contributed by atoms with E-state index >= 15 is 0 Å². The highest BCUT2D eigenvalue weighted by molar-refractivity contribution is 14.1. The van der Waals surface area contributed by atoms with E-state index in [0.717, 1.165) is 15.0 Å². The van der Waals surface area contributed by atoms with Crippen molar-refractivity contribution in [3.05, 3.63) is 15.0 Å². The highest BCUT2D eigenvalue weighted by atomic mass is 127. The van der Waals surface area contributed by atoms with Gasteiger partial charge in [-0.1, -0.05) is 0 Å². The van der Waals surface area contributed by atoms with Gasteiger partial charge < -0.3 is 0 Å². The van der Waals surface area contributed by atoms with Crippen LogP contribution in [-0.4, -0.2) is 29.7 Å². The second-order valence-corrected chi connectivity index (χ2v) is 7.29. The molecule has 0 radical (unpaired) electrons. The summed E-state index contributed by atoms with van der Waals surface area (Å²) in [4.78, 5) is 0. The van der Waals surface area contributed by atoms with Crippen molar-refractivity contribution in [1.29, 1.82) is 0 Å². The standard InChI is InChI=1S/C9H13IN2O2S/c1-6-9(10)7(2)12(11-6)8-3-4-15(13,14)5-8/h8H,3-5H2,1-2H3. The van der Waals surface area contributed by atoms with E-state index in [0.29, 0.717) is 12.2 Å². The van der Waals surface area contributed by atoms with Crippen LogP contribution in [0.15, 0.2) is 0 Å². The zero-order chi connectivity index (χ0) is 11.2. The molecule has 4 nitrogen and oxygen atoms in total. The van der Waals surface area contributed by atoms with Crippen LogP contribution < -0.4 is 0 Å². The number of halogens is 1. The van der Waals surface area contributed by atoms with Crippen molar-refractivity contribution in [1.82, 2.24) is 9.78 Å². The monoisotopic (exact) mass is 340 g/mol. The van der Waals surface area contributed by atoms with E-state index in [-0.39, 0.29) is 11.8 Å². The van der Waals surface area contributed by atoms with Gasteiger partial charge in [0.15, 0.2) is 9.84 Å². The van der Waals surface area contributed by atoms with Crippen LogP contribution in [0.25, 0.3) is 0 Å². The molecule has 0 saturated carbocycles. The Morgan fingerprint density at radius 3 is 2.53 bits per heavy atom. The fourth-order valence-corrected chi connectivity index (χ4v) is 4.01. The highest BCUT2D eigenvalue weighted by Crippen LogP contribution is 2.27. The lowest BCUT2D eigenvalue weighted by Crippen LogP contribution is -2.13. The molecular weight excluding hydrogens is 327 g/mol. The van der Waals surface area contributed by atoms with Gasteiger partial charge in [-0.3, -0.25) is 4.68 Å². The minimum Gasteiger partial charge on any atom is -0.264 e. The van der Waals surface area contributed by atoms with Crippen LogP contribution in [0.4, 0.5) is 0 Å². The molecule has 2 rings (SSSR count). The third-order valence-corrected chi connectivity index (χ3v) is 6.10. The number of hydrogen-bond acceptors (Lipinski definition) is 3. The molecule has 0 amide bonds. The largest absolute Gasteiger partial charge is 0.264 e. The molecule has 1 aliphatic heterocycles. The summed E-state index contributed by atoms with van der Waals surface area (Å²) in [6.07, 6.45) is 0.695. The molecule has 1 fully saturated rings. The molecule has 0 spiro atoms. The molecule has 1 aromatic heterocycles. The molecule has 84 valence electrons. The summed E-state index contributed by atoms with van der Waals surface area (Å²) in [6, 6.07) is 0.0391. The van der Waals surface area contributed by atoms with E-state index in [1.807, 2.05) is 18.5 Å². The Hall–Kier alpha value is -0.110. The molecule has 1 aliphatic rings. The first kappa shape index (κ1) is 11.4. The molecule has 1 saturated heterocycles. The van der Waals surface area contributed by atoms with Crippen LogP contribution in [-0.2, 0) is 9.84 Å². The van der Waals surface area contributed by atoms with Gasteiger partial charge in [0.25, 0.3) is 0 Å². The first-order valence-electron chi connectivity index (χ1n) is 4.82. The predicted molar refractivity (Wildman–Crippen MR) is 66.7 cm³/mol. The summed E-state index contributed by atoms with van der Waals surface area (Å²) in [7, 11) is -2.83. The Morgan fingerprint density at radius 2 is 2.13 bits per heavy atom. The van der Waals surface area contributed by atoms with Gasteiger partial charge in [0.1, 0.15) is 0 Å². The predicted octanol–water partition coefficient (Wildman–Crippen LogP) is 1.46. The number of rotatable bonds is 1. The third-order valence-electron chi connectivity index (χ3n) is 2.79. The highest BCUT2D eigenvalue weighted by Gasteiger charge is 2.31. The maximum atomic E-state index is 11.4. The summed E-state index contributed by atoms with van der Waals surface area (Å²) in [5.41, 5.74) is 2.06. The first-order chi connectivity index (χ1) is 6.91. The molecule has 0 bridgehead atoms. The van der Waals surface area contributed by atoms with Crippen molar-refractivity contribution < 1.29 is 8.42 Å². The van der Waals surface area contributed by atoms with E-state index in [1.165, 1.54) is 0 Å². The normalized spacial score (nSPS) is 24.6. The maximum absolute atomic E-state index is 11.4. The van der Waals surface area contributed by atoms with Crippen LogP contribution in [0.2, 0.25) is 0 Å². The molecule has 0 N–H and O–H groups in total. The zero-order valence-corrected chi connectivity index (χ0v) is 11.7. The fraction of sp³-hybridized carbons (Fsp3) is 0.667. The second kappa shape index (κ2) is 3.73. The van der Waals surface area contributed by atoms with Crippen molar-refractivity contribution in [2.24, 2.45) is 0 Å². The summed E-state index contributed by atoms with van der Waals surface area (Å²) in [5.74, 6) is 0.539. The van der Waals surface area contributed by atoms with Gasteiger partial charge in [0.05, 0.1) is 26.8 Å². The Balaban J connectivity index is 2.36. The van der Waals surface area contributed by atoms with Gasteiger partial charge in [-0.25, -0.2) is 8.42 Å². The summed E-state index contributed by atoms with van der Waals surface area (Å²) >= 11 is 2.25. The summed E-state index contributed by atoms with van der Waals surface area (Å²) in [5, 5.41) is 4.40. The molecule has 1 aromatic rings. The quantitative estimate of drug-likeness (QED) is 0.728. The number of aryl methyl sites for hydroxylation is 1. The third kappa shape index (κ3) is 2.06. The Kier molecular flexibility index (Phi) is 2.83. The van der Waals surface area contributed by atoms with E-state index < -0.39 is 9.84 Å². The van der Waals surface area contributed by atoms with E-state index in [9.17, 15) is 8.42 Å². The van der Waals surface area contributed by atoms with Crippen molar-refractivity contribution >= 4 is 32.4 Å². The van der Waals surface area contributed by atoms with Gasteiger partial charge in [-0.15, -0.1) is 0 Å². The lowest BCUT2D eigenvalue weighted by Gasteiger charge is -2.10. The van der Waals surface area contributed by atoms with Crippen molar-refractivity contribution in [3.63, 3.8) is 0 Å². The zero-order valence-electron chi connectivity index (χ0n) is 8.70. The maximum Gasteiger partial charge on any atom is 0.152 e. The van der Waals surface area contributed by atoms with Crippen LogP contribution in [0.1, 0.15) is 23.9 Å². The minimum atomic E-state index is -2.83. The van der Waals surface area contributed by atoms with Crippen LogP contribution in [0.5, 0.6) is 0 Å². The molecule has 1 unspecified atom stereocenters. The van der Waals surface area contributed by atoms with E-state index in [4.69, 9.17) is 0 Å². The number of hydrogen-bond donors (Lipinski definition) is 0. The lowest BCUT2D eigenvalue weighted by molar-refractivity contribution is 0.485. The van der Waals surface area contributed by atoms with Crippen molar-refractivity contribution in [2.45, 2.75) is 26.3 Å². The molecule has 1 atom stereocenters. The molecular formula is C9H13IN2O2S. The Morgan fingerprint density at radius 1 is 1.47 bits per heavy atom. The van der Waals surface area contributed by atoms with E-state index in [1.54, 1.807) is 0 Å². The number of aromatic nitrogens is 2. The molecule has 0 aromatic carbocycles. The topological polar surface area (TPSA) is 52.0 Å². The van der Waals surface area contributed by atoms with Crippen molar-refractivity contribution in [2.75, 3.05) is 11.5 Å². The van der Waals surface area contributed by atoms with Gasteiger partial charge in [-0.05, 0) is 42.9 Å². The number of sulfone groups is 1. The molecule has 6 heteroatoms. The fourth-order valence-electron chi connectivity index (χ4n) is 1.97. The SMILES string of the molecule is Cc1nn(C2CCS(=O)(=O)C2)c(C)c1I. The Labute approximate surface area is 103 Å².